The summed E-state index contributed by atoms with van der Waals surface area (Å²) in [5.74, 6) is -17.9. The summed E-state index contributed by atoms with van der Waals surface area (Å²) in [5, 5.41) is 46.2. The van der Waals surface area contributed by atoms with Crippen LogP contribution < -0.4 is 81.8 Å². The van der Waals surface area contributed by atoms with Gasteiger partial charge in [0.05, 0.1) is 32.4 Å². The Balaban J connectivity index is 1.93. The van der Waals surface area contributed by atoms with Gasteiger partial charge >= 0.3 is 11.9 Å². The van der Waals surface area contributed by atoms with Gasteiger partial charge in [0.2, 0.25) is 82.7 Å². The number of likely N-dealkylation sites (N-methyl/N-ethyl adjacent to an activating group) is 2. The molecule has 2 aromatic carbocycles. The molecule has 0 saturated carbocycles. The lowest BCUT2D eigenvalue weighted by atomic mass is 9.99. The van der Waals surface area contributed by atoms with Crippen molar-refractivity contribution in [2.75, 3.05) is 46.9 Å². The number of H-pyrrole nitrogens is 1. The van der Waals surface area contributed by atoms with Crippen LogP contribution in [-0.4, -0.2) is 239 Å². The van der Waals surface area contributed by atoms with Crippen LogP contribution in [0.4, 0.5) is 0 Å². The van der Waals surface area contributed by atoms with Gasteiger partial charge in [-0.3, -0.25) is 71.9 Å². The van der Waals surface area contributed by atoms with Crippen molar-refractivity contribution < 1.29 is 91.7 Å². The SMILES string of the molecule is CC(C)CCC[C@@H]1CC(=O)N[C@@H](CO)C(=O)N[C@H](CC(N)=O)C(=O)N[C@@H](CCCCN)C(=O)NCC(=O)N(C)[C@H](Cc2ccccc2)C(=O)N[C@@H](CC(C)C)C(=O)N[C@H](CCCN)C(=O)N[C@@H](CCC(=O)O)C(=O)N[C@H](CC(N)=O)C(=O)N[C@H](Cc2c[nH]c3ccccc23)C(=O)N[C@H](CCCN)C(=O)N(C)[C@@H](C(C)C)C(=O)O1. The number of carbonyl (C=O) groups is 16. The maximum atomic E-state index is 15.1. The Morgan fingerprint density at radius 3 is 1.55 bits per heavy atom. The van der Waals surface area contributed by atoms with Gasteiger partial charge in [-0.05, 0) is 125 Å². The number of carboxylic acid groups (broad SMARTS) is 1. The summed E-state index contributed by atoms with van der Waals surface area (Å²) in [5.41, 5.74) is 30.5. The van der Waals surface area contributed by atoms with Crippen LogP contribution in [0.25, 0.3) is 10.9 Å². The smallest absolute Gasteiger partial charge is 0.329 e. The number of aliphatic hydroxyl groups is 1. The molecule has 12 atom stereocenters. The van der Waals surface area contributed by atoms with E-state index < -0.39 is 218 Å². The molecule has 1 aliphatic heterocycles. The minimum absolute atomic E-state index is 0.00369. The molecule has 1 aliphatic rings. The summed E-state index contributed by atoms with van der Waals surface area (Å²) in [6, 6.07) is -2.70. The lowest BCUT2D eigenvalue weighted by Gasteiger charge is -2.34. The number of carboxylic acids is 1. The Morgan fingerprint density at radius 2 is 1.00 bits per heavy atom. The van der Waals surface area contributed by atoms with Crippen molar-refractivity contribution >= 4 is 106 Å². The number of ether oxygens (including phenoxy) is 1. The quantitative estimate of drug-likeness (QED) is 0.0246. The zero-order valence-corrected chi connectivity index (χ0v) is 65.8. The number of primary amides is 2. The lowest BCUT2D eigenvalue weighted by Crippen LogP contribution is -2.61. The molecule has 37 nitrogen and oxygen atoms in total. The van der Waals surface area contributed by atoms with Crippen molar-refractivity contribution in [1.29, 1.82) is 0 Å². The minimum Gasteiger partial charge on any atom is -0.481 e. The molecule has 23 N–H and O–H groups in total. The number of carbonyl (C=O) groups excluding carboxylic acids is 15. The lowest BCUT2D eigenvalue weighted by molar-refractivity contribution is -0.162. The molecule has 37 heteroatoms. The van der Waals surface area contributed by atoms with E-state index in [1.165, 1.54) is 14.1 Å². The summed E-state index contributed by atoms with van der Waals surface area (Å²) >= 11 is 0. The molecule has 3 aromatic rings. The van der Waals surface area contributed by atoms with E-state index in [0.717, 1.165) is 9.80 Å². The third-order valence-electron chi connectivity index (χ3n) is 19.0. The van der Waals surface area contributed by atoms with E-state index in [-0.39, 0.29) is 95.7 Å². The second-order valence-electron chi connectivity index (χ2n) is 29.6. The summed E-state index contributed by atoms with van der Waals surface area (Å²) < 4.78 is 6.07. The predicted molar refractivity (Wildman–Crippen MR) is 414 cm³/mol. The number of fused-ring (bicyclic) bond motifs is 1. The van der Waals surface area contributed by atoms with Gasteiger partial charge in [-0.25, -0.2) is 4.79 Å². The molecule has 4 rings (SSSR count). The average Bonchev–Trinajstić information content (AvgIpc) is 1.02. The van der Waals surface area contributed by atoms with Crippen LogP contribution in [0.2, 0.25) is 0 Å². The maximum absolute atomic E-state index is 15.1. The van der Waals surface area contributed by atoms with Gasteiger partial charge in [-0.1, -0.05) is 96.5 Å². The standard InChI is InChI=1S/C76H118N18O19/c1-42(2)19-16-22-47-36-62(98)84-58(41-95)73(109)91-56(37-60(80)96)71(107)85-50(25-14-15-30-77)66(102)83-40-63(99)93(7)59(34-45-20-10-9-11-21-45)74(110)92-54(33-43(3)4)69(105)86-51(26-17-31-78)67(103)87-52(28-29-64(100)101)68(104)90-57(38-61(81)97)72(108)89-55(35-46-39-82-49-24-13-12-23-48(46)49)70(106)88-53(27-18-32-79)75(111)94(8)65(44(5)6)76(112)113-47/h9-13,20-21,23-24,39,42-44,47,50-59,65,82,95H,14-19,22,25-38,40-41,77-79H2,1-8H3,(H2,80,96)(H2,81,97)(H,83,102)(H,84,98)(H,85,107)(H,86,105)(H,87,103)(H,88,106)(H,89,108)(H,90,104)(H,91,109)(H,92,110)(H,100,101)/t47-,50+,51-,52+,53-,54+,55-,56-,57-,58+,59-,65+/m1/s1. The number of amides is 14. The van der Waals surface area contributed by atoms with Gasteiger partial charge < -0.3 is 112 Å². The topological polar surface area (TPSA) is 595 Å². The van der Waals surface area contributed by atoms with Gasteiger partial charge in [0.1, 0.15) is 72.6 Å². The molecule has 14 amide bonds. The molecular formula is C76H118N18O19. The fourth-order valence-electron chi connectivity index (χ4n) is 12.8. The van der Waals surface area contributed by atoms with E-state index in [2.05, 4.69) is 58.2 Å². The number of nitrogens with zero attached hydrogens (tertiary/aromatic N) is 2. The molecule has 0 aliphatic carbocycles. The molecule has 626 valence electrons. The molecule has 0 bridgehead atoms. The molecule has 0 unspecified atom stereocenters. The molecular weight excluding hydrogens is 1470 g/mol. The number of aromatic amines is 1. The van der Waals surface area contributed by atoms with E-state index in [1.54, 1.807) is 88.5 Å². The second-order valence-corrected chi connectivity index (χ2v) is 29.6. The first kappa shape index (κ1) is 94.7. The van der Waals surface area contributed by atoms with Crippen molar-refractivity contribution in [1.82, 2.24) is 68.0 Å². The third-order valence-corrected chi connectivity index (χ3v) is 19.0. The number of hydrogen-bond donors (Lipinski definition) is 18. The monoisotopic (exact) mass is 1590 g/mol. The number of nitrogens with one attached hydrogen (secondary N) is 11. The highest BCUT2D eigenvalue weighted by Crippen LogP contribution is 2.23. The van der Waals surface area contributed by atoms with Crippen molar-refractivity contribution in [2.24, 2.45) is 46.4 Å². The first-order chi connectivity index (χ1) is 53.5. The summed E-state index contributed by atoms with van der Waals surface area (Å²) in [4.78, 5) is 232. The Kier molecular flexibility index (Phi) is 40.5. The number of rotatable bonds is 29. The normalized spacial score (nSPS) is 23.7. The number of benzene rings is 2. The van der Waals surface area contributed by atoms with Crippen LogP contribution in [0.15, 0.2) is 60.8 Å². The van der Waals surface area contributed by atoms with Gasteiger partial charge in [0.25, 0.3) is 0 Å². The van der Waals surface area contributed by atoms with Crippen LogP contribution in [0.3, 0.4) is 0 Å². The molecule has 2 heterocycles. The molecule has 0 radical (unpaired) electrons. The number of para-hydroxylation sites is 1. The number of nitrogens with two attached hydrogens (primary N) is 5. The highest BCUT2D eigenvalue weighted by atomic mass is 16.5. The van der Waals surface area contributed by atoms with Gasteiger partial charge in [-0.2, -0.15) is 0 Å². The van der Waals surface area contributed by atoms with Crippen molar-refractivity contribution in [3.63, 3.8) is 0 Å². The van der Waals surface area contributed by atoms with Crippen LogP contribution in [0.5, 0.6) is 0 Å². The predicted octanol–water partition coefficient (Wildman–Crippen LogP) is -2.85. The van der Waals surface area contributed by atoms with Gasteiger partial charge in [0, 0.05) is 50.5 Å². The Morgan fingerprint density at radius 1 is 0.513 bits per heavy atom. The Labute approximate surface area is 657 Å². The van der Waals surface area contributed by atoms with E-state index in [1.807, 2.05) is 13.8 Å². The number of aromatic nitrogens is 1. The largest absolute Gasteiger partial charge is 0.481 e. The molecule has 1 saturated heterocycles. The van der Waals surface area contributed by atoms with Crippen LogP contribution in [0, 0.1) is 17.8 Å². The molecule has 1 aromatic heterocycles. The van der Waals surface area contributed by atoms with Crippen molar-refractivity contribution in [3.05, 3.63) is 71.9 Å². The summed E-state index contributed by atoms with van der Waals surface area (Å²) in [6.07, 6.45) is -2.83. The summed E-state index contributed by atoms with van der Waals surface area (Å²) in [6.45, 7) is 8.77. The van der Waals surface area contributed by atoms with E-state index in [4.69, 9.17) is 33.4 Å². The average molecular weight is 1590 g/mol. The fourth-order valence-corrected chi connectivity index (χ4v) is 12.8. The van der Waals surface area contributed by atoms with Crippen molar-refractivity contribution in [3.8, 4) is 0 Å². The van der Waals surface area contributed by atoms with Gasteiger partial charge in [-0.15, -0.1) is 0 Å². The molecule has 1 fully saturated rings. The fraction of sp³-hybridized carbons (Fsp3) is 0.605. The highest BCUT2D eigenvalue weighted by Gasteiger charge is 2.41. The number of hydrogen-bond acceptors (Lipinski definition) is 21. The Bertz CT molecular complexity index is 3730. The van der Waals surface area contributed by atoms with Crippen LogP contribution in [0.1, 0.15) is 155 Å². The van der Waals surface area contributed by atoms with Gasteiger partial charge in [0.15, 0.2) is 0 Å². The molecule has 0 spiro atoms. The number of esters is 1. The number of cyclic esters (lactones) is 1. The van der Waals surface area contributed by atoms with Crippen LogP contribution >= 0.6 is 0 Å². The zero-order chi connectivity index (χ0) is 84.2. The first-order valence-electron chi connectivity index (χ1n) is 38.3. The maximum Gasteiger partial charge on any atom is 0.329 e. The number of unbranched alkanes of at least 4 members (excludes halogenated alkanes) is 1. The highest BCUT2D eigenvalue weighted by molar-refractivity contribution is 6.01. The Hall–Kier alpha value is -10.7. The van der Waals surface area contributed by atoms with Crippen LogP contribution in [-0.2, 0) is 94.3 Å². The minimum atomic E-state index is -1.96. The second kappa shape index (κ2) is 48.3. The third kappa shape index (κ3) is 32.2. The summed E-state index contributed by atoms with van der Waals surface area (Å²) in [7, 11) is 2.55. The molecule has 113 heavy (non-hydrogen) atoms. The number of aliphatic hydroxyl groups excluding tert-OH is 1. The van der Waals surface area contributed by atoms with Crippen molar-refractivity contribution in [2.45, 2.75) is 230 Å². The van der Waals surface area contributed by atoms with E-state index >= 15 is 9.59 Å². The van der Waals surface area contributed by atoms with E-state index in [9.17, 15) is 77.3 Å². The zero-order valence-electron chi connectivity index (χ0n) is 65.8. The first-order valence-corrected chi connectivity index (χ1v) is 38.3. The van der Waals surface area contributed by atoms with E-state index in [0.29, 0.717) is 41.3 Å². The number of aliphatic carboxylic acids is 1.